The van der Waals surface area contributed by atoms with Crippen LogP contribution in [0, 0.1) is 0 Å². The van der Waals surface area contributed by atoms with Gasteiger partial charge in [-0.25, -0.2) is 0 Å². The highest BCUT2D eigenvalue weighted by molar-refractivity contribution is 6.01. The third kappa shape index (κ3) is 2.00. The van der Waals surface area contributed by atoms with E-state index in [1.807, 2.05) is 12.1 Å². The summed E-state index contributed by atoms with van der Waals surface area (Å²) >= 11 is 0. The van der Waals surface area contributed by atoms with Crippen molar-refractivity contribution >= 4 is 5.71 Å². The predicted octanol–water partition coefficient (Wildman–Crippen LogP) is 3.97. The molecule has 0 bridgehead atoms. The number of hydrazone groups is 1. The molecular formula is C18H18N2O. The lowest BCUT2D eigenvalue weighted by atomic mass is 9.96. The third-order valence-corrected chi connectivity index (χ3v) is 4.23. The van der Waals surface area contributed by atoms with Crippen LogP contribution in [-0.2, 0) is 0 Å². The molecule has 0 N–H and O–H groups in total. The minimum atomic E-state index is 0.0334. The van der Waals surface area contributed by atoms with Crippen LogP contribution in [0.4, 0.5) is 0 Å². The Hall–Kier alpha value is -2.29. The van der Waals surface area contributed by atoms with Crippen LogP contribution >= 0.6 is 0 Å². The topological polar surface area (TPSA) is 24.8 Å². The number of nitrogens with zero attached hydrogens (tertiary/aromatic N) is 2. The number of benzene rings is 2. The maximum Gasteiger partial charge on any atom is 0.187 e. The molecule has 0 fully saturated rings. The normalized spacial score (nSPS) is 23.1. The molecule has 0 unspecified atom stereocenters. The Labute approximate surface area is 124 Å². The lowest BCUT2D eigenvalue weighted by Crippen LogP contribution is -2.39. The molecule has 21 heavy (non-hydrogen) atoms. The van der Waals surface area contributed by atoms with Crippen molar-refractivity contribution in [3.63, 3.8) is 0 Å². The average molecular weight is 278 g/mol. The lowest BCUT2D eigenvalue weighted by Gasteiger charge is -2.37. The van der Waals surface area contributed by atoms with Crippen molar-refractivity contribution in [1.82, 2.24) is 5.01 Å². The summed E-state index contributed by atoms with van der Waals surface area (Å²) in [6.45, 7) is 2.14. The van der Waals surface area contributed by atoms with Gasteiger partial charge < -0.3 is 4.74 Å². The van der Waals surface area contributed by atoms with Gasteiger partial charge in [-0.3, -0.25) is 5.01 Å². The summed E-state index contributed by atoms with van der Waals surface area (Å²) in [6, 6.07) is 19.1. The van der Waals surface area contributed by atoms with E-state index in [-0.39, 0.29) is 6.23 Å². The van der Waals surface area contributed by atoms with Gasteiger partial charge in [0.05, 0.1) is 11.8 Å². The zero-order valence-corrected chi connectivity index (χ0v) is 12.1. The first-order chi connectivity index (χ1) is 10.4. The van der Waals surface area contributed by atoms with Gasteiger partial charge in [0.1, 0.15) is 5.75 Å². The molecule has 0 amide bonds. The number of ether oxygens (including phenoxy) is 1. The lowest BCUT2D eigenvalue weighted by molar-refractivity contribution is -0.0188. The van der Waals surface area contributed by atoms with Crippen LogP contribution in [0.15, 0.2) is 59.7 Å². The molecular weight excluding hydrogens is 260 g/mol. The van der Waals surface area contributed by atoms with E-state index in [1.165, 1.54) is 11.1 Å². The third-order valence-electron chi connectivity index (χ3n) is 4.23. The van der Waals surface area contributed by atoms with E-state index in [9.17, 15) is 0 Å². The summed E-state index contributed by atoms with van der Waals surface area (Å²) in [7, 11) is 0. The second-order valence-electron chi connectivity index (χ2n) is 5.53. The molecule has 2 aliphatic heterocycles. The molecule has 106 valence electrons. The second-order valence-corrected chi connectivity index (χ2v) is 5.53. The van der Waals surface area contributed by atoms with Gasteiger partial charge in [-0.05, 0) is 11.6 Å². The van der Waals surface area contributed by atoms with Gasteiger partial charge in [0.25, 0.3) is 0 Å². The van der Waals surface area contributed by atoms with E-state index in [0.29, 0.717) is 6.04 Å². The molecule has 2 atom stereocenters. The Morgan fingerprint density at radius 2 is 1.86 bits per heavy atom. The van der Waals surface area contributed by atoms with E-state index < -0.39 is 0 Å². The van der Waals surface area contributed by atoms with Crippen LogP contribution in [0.1, 0.15) is 36.9 Å². The minimum absolute atomic E-state index is 0.0334. The van der Waals surface area contributed by atoms with Crippen molar-refractivity contribution < 1.29 is 4.74 Å². The largest absolute Gasteiger partial charge is 0.469 e. The quantitative estimate of drug-likeness (QED) is 0.830. The van der Waals surface area contributed by atoms with Crippen molar-refractivity contribution in [1.29, 1.82) is 0 Å². The zero-order valence-electron chi connectivity index (χ0n) is 12.1. The molecule has 2 aromatic carbocycles. The Bertz CT molecular complexity index is 681. The van der Waals surface area contributed by atoms with E-state index in [1.54, 1.807) is 0 Å². The Balaban J connectivity index is 1.74. The summed E-state index contributed by atoms with van der Waals surface area (Å²) in [6.07, 6.45) is 1.91. The summed E-state index contributed by atoms with van der Waals surface area (Å²) in [5, 5.41) is 7.00. The van der Waals surface area contributed by atoms with E-state index >= 15 is 0 Å². The molecule has 0 radical (unpaired) electrons. The van der Waals surface area contributed by atoms with Crippen LogP contribution < -0.4 is 4.74 Å². The first-order valence-corrected chi connectivity index (χ1v) is 7.53. The fraction of sp³-hybridized carbons (Fsp3) is 0.278. The second kappa shape index (κ2) is 4.92. The number of hydrogen-bond acceptors (Lipinski definition) is 3. The molecule has 0 saturated carbocycles. The number of para-hydroxylation sites is 1. The Kier molecular flexibility index (Phi) is 2.92. The van der Waals surface area contributed by atoms with Crippen molar-refractivity contribution in [3.8, 4) is 5.75 Å². The van der Waals surface area contributed by atoms with Gasteiger partial charge in [0.2, 0.25) is 0 Å². The monoisotopic (exact) mass is 278 g/mol. The average Bonchev–Trinajstić information content (AvgIpc) is 3.00. The van der Waals surface area contributed by atoms with Crippen LogP contribution in [0.2, 0.25) is 0 Å². The maximum absolute atomic E-state index is 6.10. The van der Waals surface area contributed by atoms with Crippen molar-refractivity contribution in [2.75, 3.05) is 0 Å². The van der Waals surface area contributed by atoms with Crippen LogP contribution in [0.3, 0.4) is 0 Å². The molecule has 2 aliphatic rings. The highest BCUT2D eigenvalue weighted by atomic mass is 16.5. The highest BCUT2D eigenvalue weighted by Crippen LogP contribution is 2.43. The van der Waals surface area contributed by atoms with Gasteiger partial charge in [-0.1, -0.05) is 55.5 Å². The van der Waals surface area contributed by atoms with Gasteiger partial charge >= 0.3 is 0 Å². The van der Waals surface area contributed by atoms with Gasteiger partial charge in [-0.15, -0.1) is 0 Å². The fourth-order valence-electron chi connectivity index (χ4n) is 3.18. The van der Waals surface area contributed by atoms with E-state index in [2.05, 4.69) is 54.4 Å². The number of hydrogen-bond donors (Lipinski definition) is 0. The summed E-state index contributed by atoms with van der Waals surface area (Å²) in [5.41, 5.74) is 3.61. The van der Waals surface area contributed by atoms with Crippen molar-refractivity contribution in [2.24, 2.45) is 5.10 Å². The van der Waals surface area contributed by atoms with E-state index in [0.717, 1.165) is 24.3 Å². The molecule has 0 spiro atoms. The molecule has 3 heteroatoms. The fourth-order valence-corrected chi connectivity index (χ4v) is 3.18. The van der Waals surface area contributed by atoms with E-state index in [4.69, 9.17) is 9.84 Å². The zero-order chi connectivity index (χ0) is 14.2. The van der Waals surface area contributed by atoms with Gasteiger partial charge in [-0.2, -0.15) is 5.10 Å². The van der Waals surface area contributed by atoms with Crippen LogP contribution in [0.5, 0.6) is 5.75 Å². The smallest absolute Gasteiger partial charge is 0.187 e. The standard InChI is InChI=1S/C18H18N2O/c1-2-18-20-16(14-10-6-7-11-17(14)21-18)12-15(19-20)13-8-4-3-5-9-13/h3-11,16,18H,2,12H2,1H3/t16-,18-/m1/s1. The van der Waals surface area contributed by atoms with Crippen molar-refractivity contribution in [3.05, 3.63) is 65.7 Å². The molecule has 0 aliphatic carbocycles. The van der Waals surface area contributed by atoms with Crippen molar-refractivity contribution in [2.45, 2.75) is 32.0 Å². The van der Waals surface area contributed by atoms with Crippen LogP contribution in [-0.4, -0.2) is 16.9 Å². The Morgan fingerprint density at radius 1 is 1.10 bits per heavy atom. The number of fused-ring (bicyclic) bond motifs is 3. The number of rotatable bonds is 2. The molecule has 0 saturated heterocycles. The first kappa shape index (κ1) is 12.5. The molecule has 4 rings (SSSR count). The molecule has 2 heterocycles. The Morgan fingerprint density at radius 3 is 2.67 bits per heavy atom. The molecule has 0 aromatic heterocycles. The minimum Gasteiger partial charge on any atom is -0.469 e. The highest BCUT2D eigenvalue weighted by Gasteiger charge is 2.39. The summed E-state index contributed by atoms with van der Waals surface area (Å²) < 4.78 is 6.10. The predicted molar refractivity (Wildman–Crippen MR) is 83.3 cm³/mol. The molecule has 2 aromatic rings. The van der Waals surface area contributed by atoms with Crippen LogP contribution in [0.25, 0.3) is 0 Å². The first-order valence-electron chi connectivity index (χ1n) is 7.53. The molecule has 3 nitrogen and oxygen atoms in total. The summed E-state index contributed by atoms with van der Waals surface area (Å²) in [5.74, 6) is 1.01. The van der Waals surface area contributed by atoms with Gasteiger partial charge in [0.15, 0.2) is 6.23 Å². The summed E-state index contributed by atoms with van der Waals surface area (Å²) in [4.78, 5) is 0. The SMILES string of the molecule is CC[C@H]1Oc2ccccc2[C@H]2CC(c3ccccc3)=NN21. The van der Waals surface area contributed by atoms with Gasteiger partial charge in [0, 0.05) is 18.4 Å². The maximum atomic E-state index is 6.10.